The molecule has 1 atom stereocenters. The van der Waals surface area contributed by atoms with Gasteiger partial charge in [0.05, 0.1) is 5.69 Å². The van der Waals surface area contributed by atoms with E-state index in [1.54, 1.807) is 0 Å². The largest absolute Gasteiger partial charge is 0.358 e. The zero-order valence-corrected chi connectivity index (χ0v) is 14.9. The van der Waals surface area contributed by atoms with Crippen molar-refractivity contribution in [2.45, 2.75) is 32.1 Å². The predicted molar refractivity (Wildman–Crippen MR) is 106 cm³/mol. The van der Waals surface area contributed by atoms with Crippen molar-refractivity contribution in [3.63, 3.8) is 0 Å². The number of fused-ring (bicyclic) bond motifs is 3. The van der Waals surface area contributed by atoms with Gasteiger partial charge in [-0.25, -0.2) is 0 Å². The van der Waals surface area contributed by atoms with Gasteiger partial charge in [-0.15, -0.1) is 0 Å². The number of anilines is 1. The molecule has 0 amide bonds. The highest BCUT2D eigenvalue weighted by Gasteiger charge is 2.35. The van der Waals surface area contributed by atoms with Crippen LogP contribution in [0.2, 0.25) is 0 Å². The Hall–Kier alpha value is -2.87. The number of allylic oxidation sites excluding steroid dienone is 2. The highest BCUT2D eigenvalue weighted by atomic mass is 16.1. The molecule has 1 heterocycles. The SMILES string of the molecule is Cc1ccc([C@H]2C3=C(CCCC3=O)Nc3c2ccc2ccccc32)cc1. The molecule has 26 heavy (non-hydrogen) atoms. The molecule has 0 spiro atoms. The van der Waals surface area contributed by atoms with Crippen molar-refractivity contribution >= 4 is 22.2 Å². The Kier molecular flexibility index (Phi) is 3.46. The monoisotopic (exact) mass is 339 g/mol. The second-order valence-corrected chi connectivity index (χ2v) is 7.39. The molecule has 5 rings (SSSR count). The van der Waals surface area contributed by atoms with Crippen LogP contribution in [0.3, 0.4) is 0 Å². The van der Waals surface area contributed by atoms with Crippen LogP contribution in [-0.2, 0) is 4.79 Å². The first-order chi connectivity index (χ1) is 12.7. The molecule has 1 N–H and O–H groups in total. The van der Waals surface area contributed by atoms with Crippen molar-refractivity contribution in [1.82, 2.24) is 0 Å². The van der Waals surface area contributed by atoms with Crippen LogP contribution < -0.4 is 5.32 Å². The summed E-state index contributed by atoms with van der Waals surface area (Å²) < 4.78 is 0. The molecular weight excluding hydrogens is 318 g/mol. The Morgan fingerprint density at radius 2 is 1.73 bits per heavy atom. The zero-order valence-electron chi connectivity index (χ0n) is 14.9. The molecule has 0 saturated heterocycles. The number of hydrogen-bond donors (Lipinski definition) is 1. The Labute approximate surface area is 153 Å². The van der Waals surface area contributed by atoms with E-state index >= 15 is 0 Å². The van der Waals surface area contributed by atoms with E-state index in [1.165, 1.54) is 33.2 Å². The molecule has 2 nitrogen and oxygen atoms in total. The van der Waals surface area contributed by atoms with Crippen LogP contribution in [0.4, 0.5) is 5.69 Å². The summed E-state index contributed by atoms with van der Waals surface area (Å²) in [5.41, 5.74) is 6.92. The molecule has 0 unspecified atom stereocenters. The minimum atomic E-state index is 0.0271. The lowest BCUT2D eigenvalue weighted by Crippen LogP contribution is -2.27. The summed E-state index contributed by atoms with van der Waals surface area (Å²) >= 11 is 0. The molecule has 0 bridgehead atoms. The number of ketones is 1. The number of carbonyl (C=O) groups is 1. The highest BCUT2D eigenvalue weighted by Crippen LogP contribution is 2.47. The number of carbonyl (C=O) groups excluding carboxylic acids is 1. The number of hydrogen-bond acceptors (Lipinski definition) is 2. The van der Waals surface area contributed by atoms with Gasteiger partial charge in [0.25, 0.3) is 0 Å². The molecule has 3 aromatic rings. The molecule has 0 saturated carbocycles. The average molecular weight is 339 g/mol. The van der Waals surface area contributed by atoms with Crippen molar-refractivity contribution in [2.75, 3.05) is 5.32 Å². The molecule has 1 aliphatic heterocycles. The van der Waals surface area contributed by atoms with E-state index in [-0.39, 0.29) is 5.92 Å². The van der Waals surface area contributed by atoms with E-state index in [4.69, 9.17) is 0 Å². The summed E-state index contributed by atoms with van der Waals surface area (Å²) in [7, 11) is 0. The van der Waals surface area contributed by atoms with E-state index < -0.39 is 0 Å². The van der Waals surface area contributed by atoms with Gasteiger partial charge in [0.1, 0.15) is 0 Å². The number of benzene rings is 3. The zero-order chi connectivity index (χ0) is 17.7. The summed E-state index contributed by atoms with van der Waals surface area (Å²) in [6.45, 7) is 2.10. The van der Waals surface area contributed by atoms with Crippen LogP contribution in [0, 0.1) is 6.92 Å². The fourth-order valence-electron chi connectivity index (χ4n) is 4.41. The normalized spacial score (nSPS) is 19.1. The van der Waals surface area contributed by atoms with Crippen LogP contribution in [0.5, 0.6) is 0 Å². The van der Waals surface area contributed by atoms with Crippen LogP contribution in [0.15, 0.2) is 71.9 Å². The summed E-state index contributed by atoms with van der Waals surface area (Å²) in [6, 6.07) is 21.5. The molecule has 0 aromatic heterocycles. The predicted octanol–water partition coefficient (Wildman–Crippen LogP) is 5.71. The third kappa shape index (κ3) is 2.29. The smallest absolute Gasteiger partial charge is 0.161 e. The van der Waals surface area contributed by atoms with E-state index in [2.05, 4.69) is 72.9 Å². The fraction of sp³-hybridized carbons (Fsp3) is 0.208. The Morgan fingerprint density at radius 1 is 0.923 bits per heavy atom. The average Bonchev–Trinajstić information content (AvgIpc) is 2.67. The molecular formula is C24H21NO. The van der Waals surface area contributed by atoms with Crippen molar-refractivity contribution in [1.29, 1.82) is 0 Å². The molecule has 2 aliphatic rings. The number of rotatable bonds is 1. The lowest BCUT2D eigenvalue weighted by Gasteiger charge is -2.34. The van der Waals surface area contributed by atoms with E-state index in [0.29, 0.717) is 12.2 Å². The first kappa shape index (κ1) is 15.4. The van der Waals surface area contributed by atoms with E-state index in [0.717, 1.165) is 24.1 Å². The van der Waals surface area contributed by atoms with Crippen LogP contribution in [0.1, 0.15) is 41.9 Å². The second-order valence-electron chi connectivity index (χ2n) is 7.39. The van der Waals surface area contributed by atoms with Crippen LogP contribution in [-0.4, -0.2) is 5.78 Å². The van der Waals surface area contributed by atoms with Gasteiger partial charge < -0.3 is 5.32 Å². The molecule has 0 radical (unpaired) electrons. The Morgan fingerprint density at radius 3 is 2.58 bits per heavy atom. The van der Waals surface area contributed by atoms with E-state index in [9.17, 15) is 4.79 Å². The lowest BCUT2D eigenvalue weighted by atomic mass is 9.75. The fourth-order valence-corrected chi connectivity index (χ4v) is 4.41. The van der Waals surface area contributed by atoms with Crippen molar-refractivity contribution in [2.24, 2.45) is 0 Å². The maximum absolute atomic E-state index is 12.9. The molecule has 2 heteroatoms. The lowest BCUT2D eigenvalue weighted by molar-refractivity contribution is -0.116. The van der Waals surface area contributed by atoms with Crippen molar-refractivity contribution < 1.29 is 4.79 Å². The van der Waals surface area contributed by atoms with Gasteiger partial charge in [0.15, 0.2) is 5.78 Å². The molecule has 128 valence electrons. The summed E-state index contributed by atoms with van der Waals surface area (Å²) in [4.78, 5) is 12.9. The van der Waals surface area contributed by atoms with E-state index in [1.807, 2.05) is 0 Å². The Balaban J connectivity index is 1.80. The van der Waals surface area contributed by atoms with Crippen molar-refractivity contribution in [3.05, 3.63) is 88.6 Å². The number of nitrogens with one attached hydrogen (secondary N) is 1. The summed E-state index contributed by atoms with van der Waals surface area (Å²) in [5.74, 6) is 0.322. The molecule has 1 aliphatic carbocycles. The topological polar surface area (TPSA) is 29.1 Å². The van der Waals surface area contributed by atoms with Crippen molar-refractivity contribution in [3.8, 4) is 0 Å². The third-order valence-corrected chi connectivity index (χ3v) is 5.70. The number of aryl methyl sites for hydroxylation is 1. The van der Waals surface area contributed by atoms with Gasteiger partial charge in [-0.2, -0.15) is 0 Å². The van der Waals surface area contributed by atoms with Crippen LogP contribution >= 0.6 is 0 Å². The number of Topliss-reactive ketones (excluding diaryl/α,β-unsaturated/α-hetero) is 1. The summed E-state index contributed by atoms with van der Waals surface area (Å²) in [6.07, 6.45) is 2.54. The second kappa shape index (κ2) is 5.84. The van der Waals surface area contributed by atoms with Gasteiger partial charge in [-0.05, 0) is 36.3 Å². The standard InChI is InChI=1S/C24H21NO/c1-15-9-11-17(12-10-15)22-19-14-13-16-5-2-3-6-18(16)24(19)25-20-7-4-8-21(26)23(20)22/h2-3,5-6,9-14,22,25H,4,7-8H2,1H3/t22-/m1/s1. The maximum Gasteiger partial charge on any atom is 0.161 e. The van der Waals surface area contributed by atoms with Gasteiger partial charge in [-0.1, -0.05) is 66.2 Å². The van der Waals surface area contributed by atoms with Crippen LogP contribution in [0.25, 0.3) is 10.8 Å². The molecule has 3 aromatic carbocycles. The Bertz CT molecular complexity index is 1060. The first-order valence-electron chi connectivity index (χ1n) is 9.34. The minimum absolute atomic E-state index is 0.0271. The van der Waals surface area contributed by atoms with Gasteiger partial charge in [-0.3, -0.25) is 4.79 Å². The highest BCUT2D eigenvalue weighted by molar-refractivity contribution is 6.04. The van der Waals surface area contributed by atoms with Gasteiger partial charge >= 0.3 is 0 Å². The first-order valence-corrected chi connectivity index (χ1v) is 9.34. The molecule has 0 fully saturated rings. The quantitative estimate of drug-likeness (QED) is 0.615. The van der Waals surface area contributed by atoms with Gasteiger partial charge in [0.2, 0.25) is 0 Å². The van der Waals surface area contributed by atoms with Gasteiger partial charge in [0, 0.05) is 29.0 Å². The maximum atomic E-state index is 12.9. The third-order valence-electron chi connectivity index (χ3n) is 5.70. The minimum Gasteiger partial charge on any atom is -0.358 e. The summed E-state index contributed by atoms with van der Waals surface area (Å²) in [5, 5.41) is 6.10.